The van der Waals surface area contributed by atoms with Gasteiger partial charge in [-0.05, 0) is 61.3 Å². The van der Waals surface area contributed by atoms with Gasteiger partial charge < -0.3 is 5.11 Å². The SMILES string of the molecule is C[C@]12CCC(=O)C=C1CC[C@@H]1[C@H]2C(O)C[C@]2(C)C(=O)CC[C@@H]12. The number of ketones is 2. The van der Waals surface area contributed by atoms with Gasteiger partial charge in [-0.15, -0.1) is 0 Å². The van der Waals surface area contributed by atoms with E-state index in [1.165, 1.54) is 5.57 Å². The molecule has 3 nitrogen and oxygen atoms in total. The van der Waals surface area contributed by atoms with Gasteiger partial charge in [0.2, 0.25) is 0 Å². The molecule has 0 radical (unpaired) electrons. The average Bonchev–Trinajstić information content (AvgIpc) is 2.75. The van der Waals surface area contributed by atoms with E-state index in [1.54, 1.807) is 0 Å². The molecule has 0 aromatic rings. The molecular weight excluding hydrogens is 276 g/mol. The lowest BCUT2D eigenvalue weighted by Crippen LogP contribution is -2.56. The van der Waals surface area contributed by atoms with Crippen molar-refractivity contribution in [3.63, 3.8) is 0 Å². The molecule has 3 saturated carbocycles. The van der Waals surface area contributed by atoms with Crippen molar-refractivity contribution < 1.29 is 14.7 Å². The third-order valence-corrected chi connectivity index (χ3v) is 7.61. The van der Waals surface area contributed by atoms with Crippen molar-refractivity contribution in [1.82, 2.24) is 0 Å². The smallest absolute Gasteiger partial charge is 0.155 e. The monoisotopic (exact) mass is 302 g/mol. The van der Waals surface area contributed by atoms with Gasteiger partial charge in [-0.1, -0.05) is 19.4 Å². The number of hydrogen-bond acceptors (Lipinski definition) is 3. The fourth-order valence-corrected chi connectivity index (χ4v) is 6.46. The van der Waals surface area contributed by atoms with Crippen LogP contribution in [0, 0.1) is 28.6 Å². The van der Waals surface area contributed by atoms with E-state index in [9.17, 15) is 14.7 Å². The second-order valence-electron chi connectivity index (χ2n) is 8.54. The number of fused-ring (bicyclic) bond motifs is 5. The van der Waals surface area contributed by atoms with Gasteiger partial charge in [0.1, 0.15) is 5.78 Å². The first-order valence-corrected chi connectivity index (χ1v) is 8.81. The Balaban J connectivity index is 1.75. The van der Waals surface area contributed by atoms with Gasteiger partial charge in [0, 0.05) is 18.3 Å². The summed E-state index contributed by atoms with van der Waals surface area (Å²) in [5.74, 6) is 1.71. The van der Waals surface area contributed by atoms with E-state index < -0.39 is 6.10 Å². The number of hydrogen-bond donors (Lipinski definition) is 1. The van der Waals surface area contributed by atoms with Gasteiger partial charge in [0.25, 0.3) is 0 Å². The van der Waals surface area contributed by atoms with Crippen LogP contribution in [-0.4, -0.2) is 22.8 Å². The minimum atomic E-state index is -0.407. The summed E-state index contributed by atoms with van der Waals surface area (Å²) in [7, 11) is 0. The molecular formula is C19H26O3. The predicted molar refractivity (Wildman–Crippen MR) is 83.1 cm³/mol. The molecule has 3 fully saturated rings. The van der Waals surface area contributed by atoms with Crippen LogP contribution < -0.4 is 0 Å². The van der Waals surface area contributed by atoms with Gasteiger partial charge in [-0.2, -0.15) is 0 Å². The molecule has 3 heteroatoms. The average molecular weight is 302 g/mol. The first-order chi connectivity index (χ1) is 10.4. The molecule has 4 aliphatic rings. The Labute approximate surface area is 132 Å². The van der Waals surface area contributed by atoms with Crippen LogP contribution in [0.3, 0.4) is 0 Å². The molecule has 0 bridgehead atoms. The highest BCUT2D eigenvalue weighted by Gasteiger charge is 2.61. The lowest BCUT2D eigenvalue weighted by atomic mass is 9.46. The predicted octanol–water partition coefficient (Wildman–Crippen LogP) is 3.06. The number of Topliss-reactive ketones (excluding diaryl/α,β-unsaturated/α-hetero) is 1. The molecule has 0 heterocycles. The zero-order valence-corrected chi connectivity index (χ0v) is 13.6. The second-order valence-corrected chi connectivity index (χ2v) is 8.54. The van der Waals surface area contributed by atoms with E-state index >= 15 is 0 Å². The van der Waals surface area contributed by atoms with Crippen molar-refractivity contribution in [3.8, 4) is 0 Å². The van der Waals surface area contributed by atoms with Gasteiger partial charge in [0.15, 0.2) is 5.78 Å². The summed E-state index contributed by atoms with van der Waals surface area (Å²) in [6.45, 7) is 4.34. The molecule has 4 rings (SSSR count). The van der Waals surface area contributed by atoms with Crippen LogP contribution in [0.15, 0.2) is 11.6 Å². The normalized spacial score (nSPS) is 51.0. The van der Waals surface area contributed by atoms with Crippen molar-refractivity contribution in [2.45, 2.75) is 64.9 Å². The minimum Gasteiger partial charge on any atom is -0.393 e. The number of aliphatic hydroxyl groups excluding tert-OH is 1. The summed E-state index contributed by atoms with van der Waals surface area (Å²) in [4.78, 5) is 24.2. The summed E-state index contributed by atoms with van der Waals surface area (Å²) in [5, 5.41) is 10.9. The summed E-state index contributed by atoms with van der Waals surface area (Å²) in [6.07, 6.45) is 7.24. The molecule has 1 unspecified atom stereocenters. The standard InChI is InChI=1S/C19H26O3/c1-18-8-7-12(20)9-11(18)3-4-13-14-5-6-16(22)19(14,2)10-15(21)17(13)18/h9,13-15,17,21H,3-8,10H2,1-2H3/t13-,14-,15?,17-,18-,19-/m0/s1. The Morgan fingerprint density at radius 2 is 1.86 bits per heavy atom. The first-order valence-electron chi connectivity index (χ1n) is 8.81. The Morgan fingerprint density at radius 3 is 2.64 bits per heavy atom. The topological polar surface area (TPSA) is 54.4 Å². The Kier molecular flexibility index (Phi) is 3.01. The Bertz CT molecular complexity index is 577. The summed E-state index contributed by atoms with van der Waals surface area (Å²) in [5.41, 5.74) is 0.920. The quantitative estimate of drug-likeness (QED) is 0.748. The van der Waals surface area contributed by atoms with E-state index in [-0.39, 0.29) is 22.5 Å². The fraction of sp³-hybridized carbons (Fsp3) is 0.789. The summed E-state index contributed by atoms with van der Waals surface area (Å²) in [6, 6.07) is 0. The Morgan fingerprint density at radius 1 is 1.09 bits per heavy atom. The highest BCUT2D eigenvalue weighted by molar-refractivity contribution is 5.91. The summed E-state index contributed by atoms with van der Waals surface area (Å²) < 4.78 is 0. The molecule has 6 atom stereocenters. The van der Waals surface area contributed by atoms with Crippen molar-refractivity contribution >= 4 is 11.6 Å². The zero-order valence-electron chi connectivity index (χ0n) is 13.6. The molecule has 0 saturated heterocycles. The van der Waals surface area contributed by atoms with Gasteiger partial charge in [-0.3, -0.25) is 9.59 Å². The minimum absolute atomic E-state index is 0.0385. The van der Waals surface area contributed by atoms with Crippen LogP contribution in [0.1, 0.15) is 58.8 Å². The molecule has 0 aliphatic heterocycles. The van der Waals surface area contributed by atoms with Crippen LogP contribution in [-0.2, 0) is 9.59 Å². The fourth-order valence-electron chi connectivity index (χ4n) is 6.46. The van der Waals surface area contributed by atoms with E-state index in [0.29, 0.717) is 36.9 Å². The highest BCUT2D eigenvalue weighted by Crippen LogP contribution is 2.64. The highest BCUT2D eigenvalue weighted by atomic mass is 16.3. The third kappa shape index (κ3) is 1.72. The van der Waals surface area contributed by atoms with Crippen molar-refractivity contribution in [2.75, 3.05) is 0 Å². The first kappa shape index (κ1) is 14.6. The van der Waals surface area contributed by atoms with Crippen LogP contribution in [0.2, 0.25) is 0 Å². The maximum absolute atomic E-state index is 12.4. The summed E-state index contributed by atoms with van der Waals surface area (Å²) >= 11 is 0. The second kappa shape index (κ2) is 4.53. The van der Waals surface area contributed by atoms with Gasteiger partial charge in [0.05, 0.1) is 6.10 Å². The largest absolute Gasteiger partial charge is 0.393 e. The zero-order chi connectivity index (χ0) is 15.7. The van der Waals surface area contributed by atoms with E-state index in [4.69, 9.17) is 0 Å². The molecule has 0 spiro atoms. The lowest BCUT2D eigenvalue weighted by Gasteiger charge is -2.58. The lowest BCUT2D eigenvalue weighted by molar-refractivity contribution is -0.147. The number of rotatable bonds is 0. The van der Waals surface area contributed by atoms with Gasteiger partial charge in [-0.25, -0.2) is 0 Å². The number of carbonyl (C=O) groups excluding carboxylic acids is 2. The van der Waals surface area contributed by atoms with Crippen LogP contribution >= 0.6 is 0 Å². The molecule has 0 aromatic heterocycles. The molecule has 22 heavy (non-hydrogen) atoms. The number of aliphatic hydroxyl groups is 1. The molecule has 120 valence electrons. The van der Waals surface area contributed by atoms with E-state index in [1.807, 2.05) is 6.08 Å². The van der Waals surface area contributed by atoms with Crippen LogP contribution in [0.4, 0.5) is 0 Å². The van der Waals surface area contributed by atoms with Crippen LogP contribution in [0.5, 0.6) is 0 Å². The third-order valence-electron chi connectivity index (χ3n) is 7.61. The molecule has 4 aliphatic carbocycles. The maximum atomic E-state index is 12.4. The molecule has 0 amide bonds. The number of carbonyl (C=O) groups is 2. The maximum Gasteiger partial charge on any atom is 0.155 e. The van der Waals surface area contributed by atoms with Gasteiger partial charge >= 0.3 is 0 Å². The number of allylic oxidation sites excluding steroid dienone is 1. The van der Waals surface area contributed by atoms with E-state index in [0.717, 1.165) is 25.7 Å². The van der Waals surface area contributed by atoms with E-state index in [2.05, 4.69) is 13.8 Å². The molecule has 0 aromatic carbocycles. The Hall–Kier alpha value is -0.960. The van der Waals surface area contributed by atoms with Crippen molar-refractivity contribution in [3.05, 3.63) is 11.6 Å². The van der Waals surface area contributed by atoms with Crippen molar-refractivity contribution in [1.29, 1.82) is 0 Å². The van der Waals surface area contributed by atoms with Crippen molar-refractivity contribution in [2.24, 2.45) is 28.6 Å². The molecule has 1 N–H and O–H groups in total. The van der Waals surface area contributed by atoms with Crippen LogP contribution in [0.25, 0.3) is 0 Å².